The molecule has 0 bridgehead atoms. The van der Waals surface area contributed by atoms with Crippen LogP contribution in [0.15, 0.2) is 18.2 Å². The lowest BCUT2D eigenvalue weighted by Crippen LogP contribution is -2.11. The molecule has 1 unspecified atom stereocenters. The first-order valence-corrected chi connectivity index (χ1v) is 6.68. The number of anilines is 1. The second kappa shape index (κ2) is 4.80. The first-order chi connectivity index (χ1) is 7.33. The molecule has 0 aromatic heterocycles. The lowest BCUT2D eigenvalue weighted by molar-refractivity contribution is 0.173. The fourth-order valence-electron chi connectivity index (χ4n) is 1.26. The van der Waals surface area contributed by atoms with E-state index in [2.05, 4.69) is 0 Å². The van der Waals surface area contributed by atoms with Crippen molar-refractivity contribution in [1.82, 2.24) is 0 Å². The molecule has 0 radical (unpaired) electrons. The molecule has 0 fully saturated rings. The van der Waals surface area contributed by atoms with Crippen molar-refractivity contribution < 1.29 is 17.9 Å². The zero-order valence-electron chi connectivity index (χ0n) is 9.07. The molecule has 0 spiro atoms. The van der Waals surface area contributed by atoms with Crippen LogP contribution >= 0.6 is 0 Å². The number of benzene rings is 1. The fraction of sp³-hybridized carbons (Fsp3) is 0.400. The van der Waals surface area contributed by atoms with Gasteiger partial charge in [-0.2, -0.15) is 0 Å². The highest BCUT2D eigenvalue weighted by molar-refractivity contribution is 7.92. The summed E-state index contributed by atoms with van der Waals surface area (Å²) in [7, 11) is -3.49. The van der Waals surface area contributed by atoms with Crippen LogP contribution in [0.1, 0.15) is 25.0 Å². The van der Waals surface area contributed by atoms with Crippen LogP contribution < -0.4 is 4.72 Å². The average molecular weight is 247 g/mol. The third-order valence-corrected chi connectivity index (χ3v) is 2.65. The van der Waals surface area contributed by atoms with Gasteiger partial charge in [-0.1, -0.05) is 13.0 Å². The minimum absolute atomic E-state index is 0.116. The Labute approximate surface area is 94.2 Å². The van der Waals surface area contributed by atoms with Crippen molar-refractivity contribution in [3.8, 4) is 0 Å². The number of rotatable bonds is 4. The zero-order chi connectivity index (χ0) is 12.3. The van der Waals surface area contributed by atoms with Gasteiger partial charge in [0.15, 0.2) is 0 Å². The fourth-order valence-corrected chi connectivity index (χ4v) is 1.82. The maximum Gasteiger partial charge on any atom is 0.229 e. The normalized spacial score (nSPS) is 13.5. The smallest absolute Gasteiger partial charge is 0.229 e. The Morgan fingerprint density at radius 3 is 2.56 bits per heavy atom. The Morgan fingerprint density at radius 1 is 1.50 bits per heavy atom. The average Bonchev–Trinajstić information content (AvgIpc) is 2.18. The third-order valence-electron chi connectivity index (χ3n) is 2.06. The largest absolute Gasteiger partial charge is 0.388 e. The van der Waals surface area contributed by atoms with Crippen LogP contribution in [0.25, 0.3) is 0 Å². The van der Waals surface area contributed by atoms with E-state index in [1.807, 2.05) is 4.72 Å². The van der Waals surface area contributed by atoms with E-state index in [0.29, 0.717) is 12.0 Å². The molecule has 1 atom stereocenters. The van der Waals surface area contributed by atoms with Gasteiger partial charge in [0.05, 0.1) is 18.0 Å². The van der Waals surface area contributed by atoms with Crippen LogP contribution in [0.2, 0.25) is 0 Å². The second-order valence-electron chi connectivity index (χ2n) is 3.54. The predicted molar refractivity (Wildman–Crippen MR) is 60.1 cm³/mol. The summed E-state index contributed by atoms with van der Waals surface area (Å²) in [5, 5.41) is 9.47. The number of hydrogen-bond donors (Lipinski definition) is 2. The van der Waals surface area contributed by atoms with Gasteiger partial charge in [0, 0.05) is 0 Å². The summed E-state index contributed by atoms with van der Waals surface area (Å²) in [4.78, 5) is 0. The van der Waals surface area contributed by atoms with Crippen molar-refractivity contribution in [1.29, 1.82) is 0 Å². The summed E-state index contributed by atoms with van der Waals surface area (Å²) in [6, 6.07) is 3.91. The quantitative estimate of drug-likeness (QED) is 0.850. The van der Waals surface area contributed by atoms with Gasteiger partial charge in [-0.15, -0.1) is 0 Å². The Morgan fingerprint density at radius 2 is 2.12 bits per heavy atom. The summed E-state index contributed by atoms with van der Waals surface area (Å²) in [5.41, 5.74) is 0.314. The second-order valence-corrected chi connectivity index (χ2v) is 5.29. The summed E-state index contributed by atoms with van der Waals surface area (Å²) < 4.78 is 37.3. The van der Waals surface area contributed by atoms with Gasteiger partial charge < -0.3 is 5.11 Å². The van der Waals surface area contributed by atoms with Crippen LogP contribution in [0.3, 0.4) is 0 Å². The first-order valence-electron chi connectivity index (χ1n) is 4.78. The number of nitrogens with one attached hydrogen (secondary N) is 1. The molecular formula is C10H14FNO3S. The highest BCUT2D eigenvalue weighted by atomic mass is 32.2. The van der Waals surface area contributed by atoms with E-state index in [1.165, 1.54) is 12.1 Å². The molecule has 6 heteroatoms. The minimum atomic E-state index is -3.49. The molecule has 90 valence electrons. The van der Waals surface area contributed by atoms with Gasteiger partial charge in [-0.25, -0.2) is 12.8 Å². The van der Waals surface area contributed by atoms with Gasteiger partial charge in [0.1, 0.15) is 5.82 Å². The number of aliphatic hydroxyl groups excluding tert-OH is 1. The molecule has 1 rings (SSSR count). The van der Waals surface area contributed by atoms with Crippen molar-refractivity contribution in [2.45, 2.75) is 19.4 Å². The van der Waals surface area contributed by atoms with Crippen LogP contribution in [0.4, 0.5) is 10.1 Å². The monoisotopic (exact) mass is 247 g/mol. The zero-order valence-corrected chi connectivity index (χ0v) is 9.88. The molecule has 1 aromatic rings. The summed E-state index contributed by atoms with van der Waals surface area (Å²) in [6.45, 7) is 1.77. The Balaban J connectivity index is 3.01. The van der Waals surface area contributed by atoms with Gasteiger partial charge >= 0.3 is 0 Å². The lowest BCUT2D eigenvalue weighted by atomic mass is 10.1. The van der Waals surface area contributed by atoms with E-state index in [0.717, 1.165) is 12.3 Å². The van der Waals surface area contributed by atoms with Crippen LogP contribution in [-0.2, 0) is 10.0 Å². The molecule has 0 saturated carbocycles. The molecule has 0 aliphatic carbocycles. The van der Waals surface area contributed by atoms with Crippen molar-refractivity contribution in [2.75, 3.05) is 11.0 Å². The molecular weight excluding hydrogens is 233 g/mol. The topological polar surface area (TPSA) is 66.4 Å². The number of sulfonamides is 1. The van der Waals surface area contributed by atoms with Crippen molar-refractivity contribution in [2.24, 2.45) is 0 Å². The third kappa shape index (κ3) is 3.46. The molecule has 4 nitrogen and oxygen atoms in total. The van der Waals surface area contributed by atoms with Gasteiger partial charge in [0.2, 0.25) is 10.0 Å². The van der Waals surface area contributed by atoms with Gasteiger partial charge in [-0.3, -0.25) is 4.72 Å². The highest BCUT2D eigenvalue weighted by Crippen LogP contribution is 2.22. The van der Waals surface area contributed by atoms with E-state index in [9.17, 15) is 17.9 Å². The highest BCUT2D eigenvalue weighted by Gasteiger charge is 2.11. The van der Waals surface area contributed by atoms with E-state index < -0.39 is 21.9 Å². The van der Waals surface area contributed by atoms with E-state index in [-0.39, 0.29) is 5.69 Å². The molecule has 1 aromatic carbocycles. The standard InChI is InChI=1S/C10H14FNO3S/c1-3-10(13)7-4-5-9(8(11)6-7)12-16(2,14)15/h4-6,10,12-13H,3H2,1-2H3. The number of aliphatic hydroxyl groups is 1. The molecule has 0 aliphatic heterocycles. The number of halogens is 1. The van der Waals surface area contributed by atoms with Crippen LogP contribution in [-0.4, -0.2) is 19.8 Å². The lowest BCUT2D eigenvalue weighted by Gasteiger charge is -2.10. The van der Waals surface area contributed by atoms with E-state index in [1.54, 1.807) is 6.92 Å². The SMILES string of the molecule is CCC(O)c1ccc(NS(C)(=O)=O)c(F)c1. The Bertz CT molecular complexity index is 473. The maximum absolute atomic E-state index is 13.4. The van der Waals surface area contributed by atoms with Crippen molar-refractivity contribution in [3.05, 3.63) is 29.6 Å². The predicted octanol–water partition coefficient (Wildman–Crippen LogP) is 1.64. The van der Waals surface area contributed by atoms with Gasteiger partial charge in [0.25, 0.3) is 0 Å². The molecule has 0 saturated heterocycles. The number of hydrogen-bond acceptors (Lipinski definition) is 3. The Kier molecular flexibility index (Phi) is 3.88. The molecule has 16 heavy (non-hydrogen) atoms. The summed E-state index contributed by atoms with van der Waals surface area (Å²) in [5.74, 6) is -0.699. The molecule has 0 heterocycles. The van der Waals surface area contributed by atoms with E-state index in [4.69, 9.17) is 0 Å². The van der Waals surface area contributed by atoms with Crippen LogP contribution in [0, 0.1) is 5.82 Å². The molecule has 0 aliphatic rings. The van der Waals surface area contributed by atoms with Crippen molar-refractivity contribution >= 4 is 15.7 Å². The van der Waals surface area contributed by atoms with Crippen molar-refractivity contribution in [3.63, 3.8) is 0 Å². The molecule has 0 amide bonds. The van der Waals surface area contributed by atoms with Gasteiger partial charge in [-0.05, 0) is 24.1 Å². The maximum atomic E-state index is 13.4. The first kappa shape index (κ1) is 12.9. The van der Waals surface area contributed by atoms with Crippen LogP contribution in [0.5, 0.6) is 0 Å². The Hall–Kier alpha value is -1.14. The summed E-state index contributed by atoms with van der Waals surface area (Å²) in [6.07, 6.45) is 0.682. The molecule has 2 N–H and O–H groups in total. The minimum Gasteiger partial charge on any atom is -0.388 e. The van der Waals surface area contributed by atoms with E-state index >= 15 is 0 Å². The summed E-state index contributed by atoms with van der Waals surface area (Å²) >= 11 is 0.